The third kappa shape index (κ3) is 6.07. The Bertz CT molecular complexity index is 728. The Morgan fingerprint density at radius 3 is 1.68 bits per heavy atom. The van der Waals surface area contributed by atoms with E-state index in [-0.39, 0.29) is 6.42 Å². The highest BCUT2D eigenvalue weighted by molar-refractivity contribution is 5.19. The van der Waals surface area contributed by atoms with Gasteiger partial charge in [0.2, 0.25) is 5.79 Å². The van der Waals surface area contributed by atoms with Gasteiger partial charge in [0, 0.05) is 0 Å². The summed E-state index contributed by atoms with van der Waals surface area (Å²) in [6.45, 7) is -0.291. The Kier molecular flexibility index (Phi) is 11.3. The van der Waals surface area contributed by atoms with Crippen LogP contribution in [0.2, 0.25) is 0 Å². The maximum Gasteiger partial charge on any atom is 0.349 e. The summed E-state index contributed by atoms with van der Waals surface area (Å²) in [6.07, 6.45) is 4.93. The van der Waals surface area contributed by atoms with Crippen LogP contribution in [-0.2, 0) is 18.9 Å². The predicted octanol–water partition coefficient (Wildman–Crippen LogP) is -0.249. The van der Waals surface area contributed by atoms with E-state index in [0.717, 1.165) is 25.7 Å². The van der Waals surface area contributed by atoms with Gasteiger partial charge in [-0.2, -0.15) is 0 Å². The minimum Gasteiger partial charge on any atom is -0.394 e. The summed E-state index contributed by atoms with van der Waals surface area (Å²) >= 11 is 0. The Labute approximate surface area is 224 Å². The molecule has 3 heterocycles. The van der Waals surface area contributed by atoms with Crippen LogP contribution in [0.4, 0.5) is 0 Å². The number of rotatable bonds is 18. The first kappa shape index (κ1) is 32.0. The lowest BCUT2D eigenvalue weighted by atomic mass is 9.79. The highest BCUT2D eigenvalue weighted by Crippen LogP contribution is 2.62. The van der Waals surface area contributed by atoms with Crippen LogP contribution in [-0.4, -0.2) is 114 Å². The predicted molar refractivity (Wildman–Crippen MR) is 132 cm³/mol. The van der Waals surface area contributed by atoms with E-state index in [2.05, 4.69) is 6.92 Å². The number of epoxide rings is 1. The second-order valence-electron chi connectivity index (χ2n) is 11.0. The molecule has 0 saturated carbocycles. The molecule has 3 aliphatic heterocycles. The molecule has 3 rings (SSSR count). The van der Waals surface area contributed by atoms with Crippen LogP contribution in [0.3, 0.4) is 0 Å². The van der Waals surface area contributed by atoms with E-state index in [0.29, 0.717) is 6.42 Å². The van der Waals surface area contributed by atoms with Gasteiger partial charge in [0.1, 0.15) is 37.1 Å². The fourth-order valence-corrected chi connectivity index (χ4v) is 5.68. The first-order valence-electron chi connectivity index (χ1n) is 14.2. The van der Waals surface area contributed by atoms with Crippen molar-refractivity contribution in [2.45, 2.75) is 144 Å². The Morgan fingerprint density at radius 2 is 1.21 bits per heavy atom. The zero-order chi connectivity index (χ0) is 28.0. The van der Waals surface area contributed by atoms with Crippen molar-refractivity contribution in [3.05, 3.63) is 0 Å². The molecule has 3 aliphatic rings. The molecule has 38 heavy (non-hydrogen) atoms. The van der Waals surface area contributed by atoms with Gasteiger partial charge in [0.15, 0.2) is 5.60 Å². The smallest absolute Gasteiger partial charge is 0.349 e. The number of hydrogen-bond donors (Lipinski definition) is 8. The molecule has 0 aromatic heterocycles. The molecular formula is C26H48O12. The fraction of sp³-hybridized carbons (Fsp3) is 1.00. The zero-order valence-electron chi connectivity index (χ0n) is 22.4. The van der Waals surface area contributed by atoms with Crippen molar-refractivity contribution in [2.24, 2.45) is 0 Å². The van der Waals surface area contributed by atoms with E-state index >= 15 is 0 Å². The number of ether oxygens (including phenoxy) is 4. The second-order valence-corrected chi connectivity index (χ2v) is 11.0. The number of hydrogen-bond acceptors (Lipinski definition) is 12. The van der Waals surface area contributed by atoms with Gasteiger partial charge in [-0.1, -0.05) is 84.0 Å². The molecule has 0 aliphatic carbocycles. The Balaban J connectivity index is 1.55. The van der Waals surface area contributed by atoms with Crippen molar-refractivity contribution in [3.8, 4) is 0 Å². The molecule has 8 N–H and O–H groups in total. The number of aliphatic hydroxyl groups excluding tert-OH is 6. The van der Waals surface area contributed by atoms with Gasteiger partial charge >= 0.3 is 5.97 Å². The summed E-state index contributed by atoms with van der Waals surface area (Å²) in [5.74, 6) is -7.51. The molecule has 0 radical (unpaired) electrons. The van der Waals surface area contributed by atoms with E-state index in [9.17, 15) is 40.9 Å². The third-order valence-electron chi connectivity index (χ3n) is 8.19. The highest BCUT2D eigenvalue weighted by atomic mass is 17.0. The summed E-state index contributed by atoms with van der Waals surface area (Å²) in [5.41, 5.74) is -2.31. The molecule has 9 atom stereocenters. The second kappa shape index (κ2) is 13.5. The summed E-state index contributed by atoms with van der Waals surface area (Å²) in [6, 6.07) is 0. The third-order valence-corrected chi connectivity index (χ3v) is 8.19. The summed E-state index contributed by atoms with van der Waals surface area (Å²) in [5, 5.41) is 83.1. The van der Waals surface area contributed by atoms with Crippen molar-refractivity contribution in [1.82, 2.24) is 0 Å². The van der Waals surface area contributed by atoms with E-state index in [1.807, 2.05) is 0 Å². The van der Waals surface area contributed by atoms with E-state index < -0.39 is 73.5 Å². The van der Waals surface area contributed by atoms with E-state index in [1.165, 1.54) is 44.9 Å². The first-order chi connectivity index (χ1) is 18.1. The average molecular weight is 553 g/mol. The van der Waals surface area contributed by atoms with Gasteiger partial charge in [0.05, 0.1) is 13.2 Å². The first-order valence-corrected chi connectivity index (χ1v) is 14.2. The molecule has 0 amide bonds. The molecule has 0 aromatic rings. The van der Waals surface area contributed by atoms with Gasteiger partial charge in [0.25, 0.3) is 5.79 Å². The molecule has 3 saturated heterocycles. The molecular weight excluding hydrogens is 504 g/mol. The minimum atomic E-state index is -2.61. The van der Waals surface area contributed by atoms with Gasteiger partial charge in [-0.25, -0.2) is 0 Å². The molecule has 0 spiro atoms. The van der Waals surface area contributed by atoms with Crippen molar-refractivity contribution < 1.29 is 59.8 Å². The van der Waals surface area contributed by atoms with Crippen molar-refractivity contribution in [2.75, 3.05) is 19.8 Å². The molecule has 0 bridgehead atoms. The lowest BCUT2D eigenvalue weighted by Gasteiger charge is -2.45. The molecule has 1 unspecified atom stereocenters. The minimum absolute atomic E-state index is 0.107. The normalized spacial score (nSPS) is 42.4. The number of aliphatic hydroxyl groups is 8. The molecule has 0 aromatic carbocycles. The summed E-state index contributed by atoms with van der Waals surface area (Å²) < 4.78 is 21.7. The van der Waals surface area contributed by atoms with Gasteiger partial charge < -0.3 is 50.3 Å². The van der Waals surface area contributed by atoms with E-state index in [1.54, 1.807) is 0 Å². The van der Waals surface area contributed by atoms with Crippen LogP contribution in [0.5, 0.6) is 0 Å². The van der Waals surface area contributed by atoms with Crippen LogP contribution in [0.1, 0.15) is 90.4 Å². The highest BCUT2D eigenvalue weighted by Gasteiger charge is 2.89. The SMILES string of the molecule is CCCCCCCCCCCCCC[C@]1(O)[C@H](O)[C@@H](CO)O[C@]2(OC3(CO)O[C@H](CO)[C@@H](O)[C@@H]3O)O[C@]21O. The van der Waals surface area contributed by atoms with Gasteiger partial charge in [-0.3, -0.25) is 9.47 Å². The Hall–Kier alpha value is -0.480. The topological polar surface area (TPSA) is 202 Å². The number of unbranched alkanes of at least 4 members (excludes halogenated alkanes) is 11. The average Bonchev–Trinajstić information content (AvgIpc) is 3.45. The fourth-order valence-electron chi connectivity index (χ4n) is 5.68. The van der Waals surface area contributed by atoms with Crippen LogP contribution >= 0.6 is 0 Å². The van der Waals surface area contributed by atoms with Gasteiger partial charge in [-0.05, 0) is 6.42 Å². The summed E-state index contributed by atoms with van der Waals surface area (Å²) in [7, 11) is 0. The van der Waals surface area contributed by atoms with Crippen molar-refractivity contribution in [1.29, 1.82) is 0 Å². The maximum atomic E-state index is 11.4. The molecule has 12 nitrogen and oxygen atoms in total. The van der Waals surface area contributed by atoms with Crippen LogP contribution in [0, 0.1) is 0 Å². The maximum absolute atomic E-state index is 11.4. The molecule has 224 valence electrons. The van der Waals surface area contributed by atoms with Crippen LogP contribution in [0.15, 0.2) is 0 Å². The van der Waals surface area contributed by atoms with E-state index in [4.69, 9.17) is 18.9 Å². The molecule has 3 fully saturated rings. The Morgan fingerprint density at radius 1 is 0.684 bits per heavy atom. The quantitative estimate of drug-likeness (QED) is 0.0820. The largest absolute Gasteiger partial charge is 0.394 e. The monoisotopic (exact) mass is 552 g/mol. The van der Waals surface area contributed by atoms with Crippen molar-refractivity contribution in [3.63, 3.8) is 0 Å². The lowest BCUT2D eigenvalue weighted by Crippen LogP contribution is -2.69. The van der Waals surface area contributed by atoms with Crippen LogP contribution < -0.4 is 0 Å². The van der Waals surface area contributed by atoms with Gasteiger partial charge in [-0.15, -0.1) is 0 Å². The van der Waals surface area contributed by atoms with Crippen LogP contribution in [0.25, 0.3) is 0 Å². The molecule has 12 heteroatoms. The number of fused-ring (bicyclic) bond motifs is 1. The lowest BCUT2D eigenvalue weighted by molar-refractivity contribution is -0.410. The zero-order valence-corrected chi connectivity index (χ0v) is 22.4. The summed E-state index contributed by atoms with van der Waals surface area (Å²) in [4.78, 5) is 0. The van der Waals surface area contributed by atoms with Crippen molar-refractivity contribution >= 4 is 0 Å². The standard InChI is InChI=1S/C26H48O12/c1-2-3-4-5-6-7-8-9-10-11-12-13-14-23(33)21(31)19(16-28)36-26(25(23,34)38-26)37-24(17-29)22(32)20(30)18(15-27)35-24/h18-22,27-34H,2-17H2,1H3/t18-,19-,20-,21-,22+,23+,24?,25+,26-/m1/s1.